The zero-order valence-corrected chi connectivity index (χ0v) is 20.1. The number of carbonyl (C=O) groups is 1. The van der Waals surface area contributed by atoms with Crippen LogP contribution < -0.4 is 4.74 Å². The number of hydrogen-bond acceptors (Lipinski definition) is 9. The molecule has 0 bridgehead atoms. The smallest absolute Gasteiger partial charge is 0.335 e. The molecule has 0 radical (unpaired) electrons. The first-order valence-electron chi connectivity index (χ1n) is 12.5. The second-order valence-electron chi connectivity index (χ2n) is 9.78. The Morgan fingerprint density at radius 2 is 1.83 bits per heavy atom. The molecular weight excluding hydrogens is 456 g/mol. The van der Waals surface area contributed by atoms with Crippen molar-refractivity contribution >= 4 is 17.0 Å². The van der Waals surface area contributed by atoms with Crippen LogP contribution in [0.15, 0.2) is 0 Å². The number of nitrogens with zero attached hydrogens (tertiary/aromatic N) is 4. The molecule has 6 atom stereocenters. The summed E-state index contributed by atoms with van der Waals surface area (Å²) < 4.78 is 13.1. The predicted octanol–water partition coefficient (Wildman–Crippen LogP) is 0.665. The summed E-state index contributed by atoms with van der Waals surface area (Å²) in [6, 6.07) is 0.230. The number of likely N-dealkylation sites (tertiary alicyclic amines) is 1. The van der Waals surface area contributed by atoms with E-state index in [1.165, 1.54) is 6.42 Å². The van der Waals surface area contributed by atoms with Crippen LogP contribution in [0.1, 0.15) is 61.9 Å². The predicted molar refractivity (Wildman–Crippen MR) is 124 cm³/mol. The van der Waals surface area contributed by atoms with E-state index in [4.69, 9.17) is 19.6 Å². The largest absolute Gasteiger partial charge is 0.479 e. The molecule has 0 saturated carbocycles. The van der Waals surface area contributed by atoms with E-state index < -0.39 is 36.7 Å². The monoisotopic (exact) mass is 490 g/mol. The summed E-state index contributed by atoms with van der Waals surface area (Å²) in [6.45, 7) is 4.18. The average molecular weight is 491 g/mol. The van der Waals surface area contributed by atoms with Crippen LogP contribution in [0.4, 0.5) is 0 Å². The van der Waals surface area contributed by atoms with E-state index in [2.05, 4.69) is 11.8 Å². The van der Waals surface area contributed by atoms with E-state index >= 15 is 0 Å². The quantitative estimate of drug-likeness (QED) is 0.471. The van der Waals surface area contributed by atoms with E-state index in [0.717, 1.165) is 73.8 Å². The van der Waals surface area contributed by atoms with Crippen LogP contribution in [-0.2, 0) is 29.4 Å². The van der Waals surface area contributed by atoms with Crippen molar-refractivity contribution in [1.82, 2.24) is 19.7 Å². The maximum Gasteiger partial charge on any atom is 0.335 e. The number of aromatic nitrogens is 3. The van der Waals surface area contributed by atoms with Gasteiger partial charge in [0, 0.05) is 18.0 Å². The van der Waals surface area contributed by atoms with Gasteiger partial charge in [0.2, 0.25) is 12.2 Å². The van der Waals surface area contributed by atoms with Crippen molar-refractivity contribution in [3.8, 4) is 5.88 Å². The maximum absolute atomic E-state index is 11.5. The van der Waals surface area contributed by atoms with Gasteiger partial charge in [-0.2, -0.15) is 10.1 Å². The van der Waals surface area contributed by atoms with Gasteiger partial charge in [-0.1, -0.05) is 13.3 Å². The fraction of sp³-hybridized carbons (Fsp3) is 0.708. The molecule has 1 unspecified atom stereocenters. The first kappa shape index (κ1) is 24.4. The lowest BCUT2D eigenvalue weighted by molar-refractivity contribution is -0.271. The lowest BCUT2D eigenvalue weighted by Crippen LogP contribution is -2.61. The fourth-order valence-corrected chi connectivity index (χ4v) is 5.80. The molecule has 11 heteroatoms. The van der Waals surface area contributed by atoms with E-state index in [1.807, 2.05) is 7.05 Å². The zero-order valence-electron chi connectivity index (χ0n) is 20.1. The van der Waals surface area contributed by atoms with Gasteiger partial charge in [0.25, 0.3) is 0 Å². The van der Waals surface area contributed by atoms with Gasteiger partial charge >= 0.3 is 5.97 Å². The van der Waals surface area contributed by atoms with Crippen molar-refractivity contribution in [2.24, 2.45) is 7.05 Å². The van der Waals surface area contributed by atoms with Gasteiger partial charge in [0.1, 0.15) is 18.3 Å². The standard InChI is InChI=1S/C24H34N4O7/c1-3-28-11-7-6-10-14(28)16-15-12-8-4-5-9-13(12)22(25-21(15)27(2)26-16)35-24-19(31)17(29)18(30)20(34-24)23(32)33/h14,17-20,24,29-31H,3-11H2,1-2H3,(H,32,33)/t14?,17-,18-,19+,20-,24-/m0/s1. The van der Waals surface area contributed by atoms with Crippen molar-refractivity contribution in [2.45, 2.75) is 88.6 Å². The second kappa shape index (κ2) is 9.62. The number of carboxylic acid groups (broad SMARTS) is 1. The summed E-state index contributed by atoms with van der Waals surface area (Å²) in [6.07, 6.45) is -1.44. The van der Waals surface area contributed by atoms with E-state index in [0.29, 0.717) is 5.65 Å². The molecule has 0 aromatic carbocycles. The number of aliphatic hydroxyl groups excluding tert-OH is 3. The molecule has 4 N–H and O–H groups in total. The number of rotatable bonds is 5. The van der Waals surface area contributed by atoms with Crippen LogP contribution in [0.5, 0.6) is 5.88 Å². The van der Waals surface area contributed by atoms with E-state index in [-0.39, 0.29) is 11.9 Å². The Kier molecular flexibility index (Phi) is 6.71. The fourth-order valence-electron chi connectivity index (χ4n) is 5.80. The highest BCUT2D eigenvalue weighted by Gasteiger charge is 2.48. The SMILES string of the molecule is CCN1CCCCC1c1nn(C)c2nc(O[C@@H]3O[C@H](C(=O)O)[C@@H](O)[C@H](O)[C@H]3O)c3c(c12)CCCC3. The molecule has 192 valence electrons. The van der Waals surface area contributed by atoms with Crippen LogP contribution in [0.3, 0.4) is 0 Å². The number of hydrogen-bond donors (Lipinski definition) is 4. The minimum Gasteiger partial charge on any atom is -0.479 e. The Bertz CT molecular complexity index is 1110. The van der Waals surface area contributed by atoms with Crippen LogP contribution >= 0.6 is 0 Å². The molecule has 11 nitrogen and oxygen atoms in total. The number of fused-ring (bicyclic) bond motifs is 3. The van der Waals surface area contributed by atoms with E-state index in [9.17, 15) is 25.2 Å². The molecule has 5 rings (SSSR count). The van der Waals surface area contributed by atoms with Crippen molar-refractivity contribution in [3.05, 3.63) is 16.8 Å². The Morgan fingerprint density at radius 1 is 1.09 bits per heavy atom. The van der Waals surface area contributed by atoms with Crippen molar-refractivity contribution in [1.29, 1.82) is 0 Å². The van der Waals surface area contributed by atoms with Gasteiger partial charge in [0.15, 0.2) is 11.8 Å². The van der Waals surface area contributed by atoms with Gasteiger partial charge in [-0.05, 0) is 57.2 Å². The van der Waals surface area contributed by atoms with Crippen LogP contribution in [-0.4, -0.2) is 89.9 Å². The molecule has 3 aliphatic rings. The van der Waals surface area contributed by atoms with Gasteiger partial charge in [-0.3, -0.25) is 4.90 Å². The molecule has 0 amide bonds. The first-order chi connectivity index (χ1) is 16.8. The summed E-state index contributed by atoms with van der Waals surface area (Å²) in [5.74, 6) is -1.21. The van der Waals surface area contributed by atoms with Gasteiger partial charge in [-0.25, -0.2) is 9.48 Å². The highest BCUT2D eigenvalue weighted by Crippen LogP contribution is 2.41. The molecule has 2 aromatic heterocycles. The molecule has 1 aliphatic carbocycles. The number of aliphatic hydroxyl groups is 3. The summed E-state index contributed by atoms with van der Waals surface area (Å²) in [5.41, 5.74) is 3.74. The van der Waals surface area contributed by atoms with Gasteiger partial charge in [0.05, 0.1) is 11.7 Å². The highest BCUT2D eigenvalue weighted by atomic mass is 16.7. The maximum atomic E-state index is 11.5. The number of carboxylic acids is 1. The summed E-state index contributed by atoms with van der Waals surface area (Å²) in [4.78, 5) is 18.7. The normalized spacial score (nSPS) is 31.9. The molecule has 0 spiro atoms. The molecule has 2 fully saturated rings. The molecule has 35 heavy (non-hydrogen) atoms. The third-order valence-electron chi connectivity index (χ3n) is 7.66. The molecule has 4 heterocycles. The Labute approximate surface area is 203 Å². The number of aliphatic carboxylic acids is 1. The van der Waals surface area contributed by atoms with Crippen LogP contribution in [0.25, 0.3) is 11.0 Å². The minimum absolute atomic E-state index is 0.230. The lowest BCUT2D eigenvalue weighted by atomic mass is 9.88. The second-order valence-corrected chi connectivity index (χ2v) is 9.78. The summed E-state index contributed by atoms with van der Waals surface area (Å²) in [7, 11) is 1.85. The Balaban J connectivity index is 1.57. The topological polar surface area (TPSA) is 150 Å². The van der Waals surface area contributed by atoms with E-state index in [1.54, 1.807) is 4.68 Å². The molecular formula is C24H34N4O7. The first-order valence-corrected chi connectivity index (χ1v) is 12.5. The number of pyridine rings is 1. The zero-order chi connectivity index (χ0) is 24.9. The molecule has 2 aromatic rings. The Morgan fingerprint density at radius 3 is 2.54 bits per heavy atom. The third kappa shape index (κ3) is 4.19. The highest BCUT2D eigenvalue weighted by molar-refractivity contribution is 5.85. The van der Waals surface area contributed by atoms with Crippen LogP contribution in [0.2, 0.25) is 0 Å². The van der Waals surface area contributed by atoms with Gasteiger partial charge < -0.3 is 29.9 Å². The molecule has 2 aliphatic heterocycles. The summed E-state index contributed by atoms with van der Waals surface area (Å²) in [5, 5.41) is 46.0. The number of aryl methyl sites for hydroxylation is 2. The van der Waals surface area contributed by atoms with Gasteiger partial charge in [-0.15, -0.1) is 0 Å². The van der Waals surface area contributed by atoms with Crippen LogP contribution in [0, 0.1) is 0 Å². The molecule has 2 saturated heterocycles. The number of piperidine rings is 1. The number of ether oxygens (including phenoxy) is 2. The Hall–Kier alpha value is -2.31. The van der Waals surface area contributed by atoms with Crippen molar-refractivity contribution < 1.29 is 34.7 Å². The van der Waals surface area contributed by atoms with Crippen molar-refractivity contribution in [2.75, 3.05) is 13.1 Å². The minimum atomic E-state index is -1.77. The van der Waals surface area contributed by atoms with Crippen molar-refractivity contribution in [3.63, 3.8) is 0 Å². The third-order valence-corrected chi connectivity index (χ3v) is 7.66. The lowest BCUT2D eigenvalue weighted by Gasteiger charge is -2.38. The summed E-state index contributed by atoms with van der Waals surface area (Å²) >= 11 is 0. The average Bonchev–Trinajstić information content (AvgIpc) is 3.20.